The Morgan fingerprint density at radius 1 is 1.23 bits per heavy atom. The average molecular weight is 181 g/mol. The minimum Gasteiger partial charge on any atom is -0.0651 e. The highest BCUT2D eigenvalue weighted by Gasteiger charge is 2.24. The highest BCUT2D eigenvalue weighted by atomic mass is 14.3. The molecule has 1 aliphatic rings. The van der Waals surface area contributed by atoms with Gasteiger partial charge in [0.05, 0.1) is 0 Å². The van der Waals surface area contributed by atoms with Crippen molar-refractivity contribution in [3.8, 4) is 0 Å². The SMILES string of the molecule is [CH2]CC1(C)CCCCC(CC)CC1. The van der Waals surface area contributed by atoms with Crippen LogP contribution in [0.25, 0.3) is 0 Å². The lowest BCUT2D eigenvalue weighted by molar-refractivity contribution is 0.207. The lowest BCUT2D eigenvalue weighted by Gasteiger charge is -2.32. The van der Waals surface area contributed by atoms with Crippen LogP contribution >= 0.6 is 0 Å². The van der Waals surface area contributed by atoms with Crippen molar-refractivity contribution in [1.82, 2.24) is 0 Å². The number of hydrogen-bond donors (Lipinski definition) is 0. The van der Waals surface area contributed by atoms with Crippen LogP contribution in [0, 0.1) is 18.3 Å². The molecule has 0 aliphatic heterocycles. The third-order valence-electron chi connectivity index (χ3n) is 3.98. The van der Waals surface area contributed by atoms with Gasteiger partial charge in [0.15, 0.2) is 0 Å². The molecule has 2 unspecified atom stereocenters. The van der Waals surface area contributed by atoms with Gasteiger partial charge in [0.25, 0.3) is 0 Å². The zero-order chi connectivity index (χ0) is 9.73. The Morgan fingerprint density at radius 3 is 2.62 bits per heavy atom. The Hall–Kier alpha value is 0. The van der Waals surface area contributed by atoms with E-state index in [-0.39, 0.29) is 0 Å². The van der Waals surface area contributed by atoms with E-state index in [1.807, 2.05) is 0 Å². The topological polar surface area (TPSA) is 0 Å². The summed E-state index contributed by atoms with van der Waals surface area (Å²) in [5, 5.41) is 0. The van der Waals surface area contributed by atoms with E-state index in [9.17, 15) is 0 Å². The molecule has 0 amide bonds. The van der Waals surface area contributed by atoms with Crippen LogP contribution in [-0.2, 0) is 0 Å². The summed E-state index contributed by atoms with van der Waals surface area (Å²) in [7, 11) is 0. The molecule has 0 saturated heterocycles. The van der Waals surface area contributed by atoms with Crippen molar-refractivity contribution in [1.29, 1.82) is 0 Å². The average Bonchev–Trinajstić information content (AvgIpc) is 2.13. The van der Waals surface area contributed by atoms with Crippen molar-refractivity contribution in [2.24, 2.45) is 11.3 Å². The van der Waals surface area contributed by atoms with Crippen molar-refractivity contribution in [3.05, 3.63) is 6.92 Å². The minimum atomic E-state index is 0.563. The second-order valence-corrected chi connectivity index (χ2v) is 5.12. The maximum absolute atomic E-state index is 4.10. The predicted molar refractivity (Wildman–Crippen MR) is 59.6 cm³/mol. The summed E-state index contributed by atoms with van der Waals surface area (Å²) in [5.74, 6) is 1.01. The van der Waals surface area contributed by atoms with Crippen LogP contribution in [0.3, 0.4) is 0 Å². The lowest BCUT2D eigenvalue weighted by Crippen LogP contribution is -2.19. The first-order chi connectivity index (χ1) is 6.20. The van der Waals surface area contributed by atoms with Gasteiger partial charge < -0.3 is 0 Å². The quantitative estimate of drug-likeness (QED) is 0.584. The highest BCUT2D eigenvalue weighted by molar-refractivity contribution is 4.79. The van der Waals surface area contributed by atoms with Crippen molar-refractivity contribution in [2.45, 2.75) is 65.2 Å². The van der Waals surface area contributed by atoms with Gasteiger partial charge in [-0.25, -0.2) is 0 Å². The van der Waals surface area contributed by atoms with E-state index in [1.165, 1.54) is 44.9 Å². The Morgan fingerprint density at radius 2 is 2.00 bits per heavy atom. The lowest BCUT2D eigenvalue weighted by atomic mass is 9.73. The van der Waals surface area contributed by atoms with Crippen molar-refractivity contribution < 1.29 is 0 Å². The van der Waals surface area contributed by atoms with Gasteiger partial charge in [-0.15, -0.1) is 0 Å². The fourth-order valence-corrected chi connectivity index (χ4v) is 2.46. The van der Waals surface area contributed by atoms with Crippen LogP contribution in [0.15, 0.2) is 0 Å². The van der Waals surface area contributed by atoms with Crippen LogP contribution in [0.4, 0.5) is 0 Å². The molecule has 1 fully saturated rings. The maximum atomic E-state index is 4.10. The van der Waals surface area contributed by atoms with Gasteiger partial charge in [0.2, 0.25) is 0 Å². The van der Waals surface area contributed by atoms with Crippen LogP contribution in [0.1, 0.15) is 65.2 Å². The third kappa shape index (κ3) is 3.32. The maximum Gasteiger partial charge on any atom is -0.0326 e. The Kier molecular flexibility index (Phi) is 4.28. The first kappa shape index (κ1) is 11.1. The van der Waals surface area contributed by atoms with Gasteiger partial charge in [0, 0.05) is 0 Å². The molecule has 13 heavy (non-hydrogen) atoms. The summed E-state index contributed by atoms with van der Waals surface area (Å²) in [5.41, 5.74) is 0.563. The zero-order valence-corrected chi connectivity index (χ0v) is 9.44. The molecule has 0 bridgehead atoms. The van der Waals surface area contributed by atoms with Crippen molar-refractivity contribution in [3.63, 3.8) is 0 Å². The fourth-order valence-electron chi connectivity index (χ4n) is 2.46. The number of rotatable bonds is 2. The van der Waals surface area contributed by atoms with Gasteiger partial charge in [-0.1, -0.05) is 46.5 Å². The largest absolute Gasteiger partial charge is 0.0651 e. The molecule has 0 heteroatoms. The molecule has 1 saturated carbocycles. The van der Waals surface area contributed by atoms with Gasteiger partial charge >= 0.3 is 0 Å². The molecule has 1 aliphatic carbocycles. The molecular formula is C13H25. The second-order valence-electron chi connectivity index (χ2n) is 5.12. The first-order valence-electron chi connectivity index (χ1n) is 5.99. The molecule has 0 N–H and O–H groups in total. The summed E-state index contributed by atoms with van der Waals surface area (Å²) in [6.45, 7) is 8.87. The fraction of sp³-hybridized carbons (Fsp3) is 0.923. The summed E-state index contributed by atoms with van der Waals surface area (Å²) in [6.07, 6.45) is 11.1. The Bertz CT molecular complexity index is 139. The number of hydrogen-bond acceptors (Lipinski definition) is 0. The standard InChI is InChI=1S/C13H25/c1-4-12-8-6-7-10-13(3,5-2)11-9-12/h12H,2,4-11H2,1,3H3. The highest BCUT2D eigenvalue weighted by Crippen LogP contribution is 2.38. The molecular weight excluding hydrogens is 156 g/mol. The van der Waals surface area contributed by atoms with Crippen LogP contribution in [0.5, 0.6) is 0 Å². The van der Waals surface area contributed by atoms with Gasteiger partial charge in [0.1, 0.15) is 0 Å². The van der Waals surface area contributed by atoms with Gasteiger partial charge in [-0.3, -0.25) is 0 Å². The minimum absolute atomic E-state index is 0.563. The monoisotopic (exact) mass is 181 g/mol. The third-order valence-corrected chi connectivity index (χ3v) is 3.98. The van der Waals surface area contributed by atoms with Crippen LogP contribution in [0.2, 0.25) is 0 Å². The molecule has 0 spiro atoms. The normalized spacial score (nSPS) is 36.7. The Balaban J connectivity index is 2.44. The molecule has 1 rings (SSSR count). The summed E-state index contributed by atoms with van der Waals surface area (Å²) in [6, 6.07) is 0. The van der Waals surface area contributed by atoms with E-state index in [2.05, 4.69) is 20.8 Å². The second kappa shape index (κ2) is 5.02. The molecule has 0 aromatic carbocycles. The van der Waals surface area contributed by atoms with Crippen LogP contribution in [-0.4, -0.2) is 0 Å². The smallest absolute Gasteiger partial charge is 0.0326 e. The summed E-state index contributed by atoms with van der Waals surface area (Å²) in [4.78, 5) is 0. The van der Waals surface area contributed by atoms with E-state index < -0.39 is 0 Å². The molecule has 0 aromatic rings. The summed E-state index contributed by atoms with van der Waals surface area (Å²) < 4.78 is 0. The molecule has 0 nitrogen and oxygen atoms in total. The van der Waals surface area contributed by atoms with E-state index in [0.717, 1.165) is 12.3 Å². The Labute approximate surface area is 84.1 Å². The molecule has 2 atom stereocenters. The molecule has 0 aromatic heterocycles. The van der Waals surface area contributed by atoms with Gasteiger partial charge in [-0.05, 0) is 37.0 Å². The summed E-state index contributed by atoms with van der Waals surface area (Å²) >= 11 is 0. The van der Waals surface area contributed by atoms with Crippen LogP contribution < -0.4 is 0 Å². The van der Waals surface area contributed by atoms with E-state index in [1.54, 1.807) is 0 Å². The van der Waals surface area contributed by atoms with E-state index in [0.29, 0.717) is 5.41 Å². The molecule has 0 heterocycles. The van der Waals surface area contributed by atoms with E-state index >= 15 is 0 Å². The van der Waals surface area contributed by atoms with Crippen molar-refractivity contribution in [2.75, 3.05) is 0 Å². The molecule has 1 radical (unpaired) electrons. The predicted octanol–water partition coefficient (Wildman–Crippen LogP) is 4.60. The first-order valence-corrected chi connectivity index (χ1v) is 5.99. The zero-order valence-electron chi connectivity index (χ0n) is 9.44. The molecule has 77 valence electrons. The van der Waals surface area contributed by atoms with Gasteiger partial charge in [-0.2, -0.15) is 0 Å². The van der Waals surface area contributed by atoms with Crippen molar-refractivity contribution >= 4 is 0 Å². The van der Waals surface area contributed by atoms with E-state index in [4.69, 9.17) is 0 Å².